The molecule has 0 aliphatic carbocycles. The third kappa shape index (κ3) is 3.72. The number of carbonyl (C=O) groups is 1. The number of benzene rings is 1. The Bertz CT molecular complexity index is 336. The lowest BCUT2D eigenvalue weighted by Crippen LogP contribution is -2.24. The predicted molar refractivity (Wildman–Crippen MR) is 60.0 cm³/mol. The highest BCUT2D eigenvalue weighted by atomic mass is 16.4. The zero-order valence-electron chi connectivity index (χ0n) is 9.16. The molecule has 1 aromatic carbocycles. The molecule has 15 heavy (non-hydrogen) atoms. The molecule has 0 aliphatic rings. The molecule has 1 aromatic rings. The van der Waals surface area contributed by atoms with Crippen molar-refractivity contribution in [3.63, 3.8) is 0 Å². The van der Waals surface area contributed by atoms with E-state index in [9.17, 15) is 4.79 Å². The van der Waals surface area contributed by atoms with Gasteiger partial charge in [-0.3, -0.25) is 0 Å². The summed E-state index contributed by atoms with van der Waals surface area (Å²) < 4.78 is 0. The minimum Gasteiger partial charge on any atom is -0.478 e. The van der Waals surface area contributed by atoms with Gasteiger partial charge in [0.2, 0.25) is 0 Å². The summed E-state index contributed by atoms with van der Waals surface area (Å²) in [7, 11) is 0. The zero-order valence-corrected chi connectivity index (χ0v) is 9.16. The van der Waals surface area contributed by atoms with Gasteiger partial charge in [0.25, 0.3) is 0 Å². The summed E-state index contributed by atoms with van der Waals surface area (Å²) in [6, 6.07) is 7.48. The molecule has 0 spiro atoms. The van der Waals surface area contributed by atoms with Crippen LogP contribution in [-0.2, 0) is 6.54 Å². The van der Waals surface area contributed by atoms with E-state index in [1.165, 1.54) is 0 Å². The van der Waals surface area contributed by atoms with Gasteiger partial charge in [0.15, 0.2) is 0 Å². The summed E-state index contributed by atoms with van der Waals surface area (Å²) >= 11 is 0. The maximum atomic E-state index is 10.7. The van der Waals surface area contributed by atoms with Crippen molar-refractivity contribution < 1.29 is 9.90 Å². The summed E-state index contributed by atoms with van der Waals surface area (Å²) in [6.07, 6.45) is 1.07. The van der Waals surface area contributed by atoms with Gasteiger partial charge in [-0.2, -0.15) is 0 Å². The van der Waals surface area contributed by atoms with Crippen LogP contribution in [0.15, 0.2) is 24.3 Å². The predicted octanol–water partition coefficient (Wildman–Crippen LogP) is 2.27. The van der Waals surface area contributed by atoms with E-state index in [0.717, 1.165) is 18.5 Å². The Morgan fingerprint density at radius 2 is 2.27 bits per heavy atom. The van der Waals surface area contributed by atoms with Gasteiger partial charge >= 0.3 is 5.97 Å². The summed E-state index contributed by atoms with van der Waals surface area (Å²) in [5.74, 6) is -0.875. The van der Waals surface area contributed by atoms with Crippen molar-refractivity contribution in [2.24, 2.45) is 0 Å². The molecule has 82 valence electrons. The summed E-state index contributed by atoms with van der Waals surface area (Å²) in [5, 5.41) is 12.1. The van der Waals surface area contributed by atoms with Crippen LogP contribution >= 0.6 is 0 Å². The second-order valence-corrected chi connectivity index (χ2v) is 3.70. The third-order valence-corrected chi connectivity index (χ3v) is 2.44. The van der Waals surface area contributed by atoms with Crippen molar-refractivity contribution in [2.45, 2.75) is 32.9 Å². The van der Waals surface area contributed by atoms with Crippen LogP contribution in [0.3, 0.4) is 0 Å². The molecule has 3 heteroatoms. The van der Waals surface area contributed by atoms with E-state index in [2.05, 4.69) is 19.2 Å². The standard InChI is InChI=1S/C12H17NO2/c1-3-9(2)13-8-10-5-4-6-11(7-10)12(14)15/h4-7,9,13H,3,8H2,1-2H3,(H,14,15). The summed E-state index contributed by atoms with van der Waals surface area (Å²) in [6.45, 7) is 4.95. The van der Waals surface area contributed by atoms with Crippen LogP contribution in [-0.4, -0.2) is 17.1 Å². The van der Waals surface area contributed by atoms with E-state index in [0.29, 0.717) is 11.6 Å². The molecule has 0 saturated carbocycles. The molecule has 1 rings (SSSR count). The van der Waals surface area contributed by atoms with Gasteiger partial charge in [-0.05, 0) is 31.0 Å². The minimum atomic E-state index is -0.875. The SMILES string of the molecule is CCC(C)NCc1cccc(C(=O)O)c1. The minimum absolute atomic E-state index is 0.346. The van der Waals surface area contributed by atoms with Crippen molar-refractivity contribution >= 4 is 5.97 Å². The Labute approximate surface area is 90.1 Å². The number of carboxylic acid groups (broad SMARTS) is 1. The second kappa shape index (κ2) is 5.51. The highest BCUT2D eigenvalue weighted by Gasteiger charge is 2.03. The quantitative estimate of drug-likeness (QED) is 0.778. The summed E-state index contributed by atoms with van der Waals surface area (Å²) in [4.78, 5) is 10.7. The maximum Gasteiger partial charge on any atom is 0.335 e. The van der Waals surface area contributed by atoms with Crippen LogP contribution in [0.5, 0.6) is 0 Å². The first kappa shape index (κ1) is 11.7. The van der Waals surface area contributed by atoms with E-state index in [1.54, 1.807) is 18.2 Å². The fourth-order valence-electron chi connectivity index (χ4n) is 1.25. The molecule has 3 nitrogen and oxygen atoms in total. The maximum absolute atomic E-state index is 10.7. The average Bonchev–Trinajstić information content (AvgIpc) is 2.26. The molecule has 0 amide bonds. The monoisotopic (exact) mass is 207 g/mol. The van der Waals surface area contributed by atoms with Gasteiger partial charge in [0.1, 0.15) is 0 Å². The highest BCUT2D eigenvalue weighted by Crippen LogP contribution is 2.05. The Balaban J connectivity index is 2.62. The van der Waals surface area contributed by atoms with E-state index < -0.39 is 5.97 Å². The molecular formula is C12H17NO2. The fourth-order valence-corrected chi connectivity index (χ4v) is 1.25. The second-order valence-electron chi connectivity index (χ2n) is 3.70. The largest absolute Gasteiger partial charge is 0.478 e. The van der Waals surface area contributed by atoms with Gasteiger partial charge in [-0.15, -0.1) is 0 Å². The number of hydrogen-bond donors (Lipinski definition) is 2. The van der Waals surface area contributed by atoms with Crippen LogP contribution in [0.25, 0.3) is 0 Å². The van der Waals surface area contributed by atoms with Gasteiger partial charge in [0.05, 0.1) is 5.56 Å². The Morgan fingerprint density at radius 3 is 2.87 bits per heavy atom. The molecule has 0 heterocycles. The zero-order chi connectivity index (χ0) is 11.3. The summed E-state index contributed by atoms with van der Waals surface area (Å²) in [5.41, 5.74) is 1.36. The van der Waals surface area contributed by atoms with E-state index in [1.807, 2.05) is 6.07 Å². The Morgan fingerprint density at radius 1 is 1.53 bits per heavy atom. The lowest BCUT2D eigenvalue weighted by Gasteiger charge is -2.11. The third-order valence-electron chi connectivity index (χ3n) is 2.44. The van der Waals surface area contributed by atoms with Crippen LogP contribution in [0.2, 0.25) is 0 Å². The van der Waals surface area contributed by atoms with Crippen LogP contribution in [0.1, 0.15) is 36.2 Å². The van der Waals surface area contributed by atoms with Gasteiger partial charge < -0.3 is 10.4 Å². The fraction of sp³-hybridized carbons (Fsp3) is 0.417. The lowest BCUT2D eigenvalue weighted by molar-refractivity contribution is 0.0697. The first-order valence-electron chi connectivity index (χ1n) is 5.19. The van der Waals surface area contributed by atoms with Gasteiger partial charge in [-0.1, -0.05) is 19.1 Å². The van der Waals surface area contributed by atoms with Crippen LogP contribution < -0.4 is 5.32 Å². The molecule has 0 aliphatic heterocycles. The number of carboxylic acids is 1. The van der Waals surface area contributed by atoms with E-state index in [-0.39, 0.29) is 0 Å². The topological polar surface area (TPSA) is 49.3 Å². The first-order chi connectivity index (χ1) is 7.13. The molecule has 0 bridgehead atoms. The smallest absolute Gasteiger partial charge is 0.335 e. The Kier molecular flexibility index (Phi) is 4.31. The molecule has 1 atom stereocenters. The Hall–Kier alpha value is -1.35. The van der Waals surface area contributed by atoms with Crippen molar-refractivity contribution in [1.82, 2.24) is 5.32 Å². The molecular weight excluding hydrogens is 190 g/mol. The molecule has 0 saturated heterocycles. The molecule has 0 radical (unpaired) electrons. The van der Waals surface area contributed by atoms with Crippen molar-refractivity contribution in [2.75, 3.05) is 0 Å². The highest BCUT2D eigenvalue weighted by molar-refractivity contribution is 5.87. The van der Waals surface area contributed by atoms with Gasteiger partial charge in [0, 0.05) is 12.6 Å². The van der Waals surface area contributed by atoms with E-state index >= 15 is 0 Å². The lowest BCUT2D eigenvalue weighted by atomic mass is 10.1. The average molecular weight is 207 g/mol. The molecule has 0 aromatic heterocycles. The number of aromatic carboxylic acids is 1. The first-order valence-corrected chi connectivity index (χ1v) is 5.19. The number of hydrogen-bond acceptors (Lipinski definition) is 2. The molecule has 2 N–H and O–H groups in total. The number of rotatable bonds is 5. The van der Waals surface area contributed by atoms with E-state index in [4.69, 9.17) is 5.11 Å². The normalized spacial score (nSPS) is 12.4. The van der Waals surface area contributed by atoms with Crippen molar-refractivity contribution in [3.05, 3.63) is 35.4 Å². The molecule has 1 unspecified atom stereocenters. The number of nitrogens with one attached hydrogen (secondary N) is 1. The van der Waals surface area contributed by atoms with Crippen LogP contribution in [0, 0.1) is 0 Å². The van der Waals surface area contributed by atoms with Crippen LogP contribution in [0.4, 0.5) is 0 Å². The van der Waals surface area contributed by atoms with Crippen molar-refractivity contribution in [3.8, 4) is 0 Å². The van der Waals surface area contributed by atoms with Crippen molar-refractivity contribution in [1.29, 1.82) is 0 Å². The molecule has 0 fully saturated rings. The van der Waals surface area contributed by atoms with Gasteiger partial charge in [-0.25, -0.2) is 4.79 Å².